The van der Waals surface area contributed by atoms with Gasteiger partial charge in [0, 0.05) is 0 Å². The Morgan fingerprint density at radius 3 is 2.24 bits per heavy atom. The highest BCUT2D eigenvalue weighted by Crippen LogP contribution is 2.26. The van der Waals surface area contributed by atoms with Crippen LogP contribution in [0.25, 0.3) is 0 Å². The second-order valence-electron chi connectivity index (χ2n) is 4.50. The molecule has 13 nitrogen and oxygen atoms in total. The van der Waals surface area contributed by atoms with Crippen molar-refractivity contribution >= 4 is 33.0 Å². The Bertz CT molecular complexity index is 932. The van der Waals surface area contributed by atoms with E-state index in [4.69, 9.17) is 5.73 Å². The van der Waals surface area contributed by atoms with Gasteiger partial charge >= 0.3 is 0 Å². The lowest BCUT2D eigenvalue weighted by Gasteiger charge is -2.10. The summed E-state index contributed by atoms with van der Waals surface area (Å²) in [4.78, 5) is 24.5. The molecule has 132 valence electrons. The molecule has 0 fully saturated rings. The first-order chi connectivity index (χ1) is 11.7. The number of benzene rings is 1. The summed E-state index contributed by atoms with van der Waals surface area (Å²) in [6.07, 6.45) is 0. The number of sulfonamides is 1. The fourth-order valence-corrected chi connectivity index (χ4v) is 2.81. The molecule has 0 atom stereocenters. The highest BCUT2D eigenvalue weighted by Gasteiger charge is 2.20. The molecule has 0 aliphatic carbocycles. The first-order valence-electron chi connectivity index (χ1n) is 6.39. The Labute approximate surface area is 140 Å². The van der Waals surface area contributed by atoms with Crippen molar-refractivity contribution < 1.29 is 18.5 Å². The highest BCUT2D eigenvalue weighted by molar-refractivity contribution is 7.92. The van der Waals surface area contributed by atoms with E-state index in [1.807, 2.05) is 0 Å². The Balaban J connectivity index is 2.39. The van der Waals surface area contributed by atoms with Crippen LogP contribution in [0.3, 0.4) is 0 Å². The van der Waals surface area contributed by atoms with Gasteiger partial charge in [-0.05, 0) is 30.3 Å². The van der Waals surface area contributed by atoms with E-state index in [-0.39, 0.29) is 22.2 Å². The molecule has 0 aliphatic heterocycles. The second-order valence-corrected chi connectivity index (χ2v) is 6.18. The zero-order chi connectivity index (χ0) is 18.6. The number of nitro groups is 2. The topological polar surface area (TPSA) is 195 Å². The molecule has 0 amide bonds. The van der Waals surface area contributed by atoms with Gasteiger partial charge in [-0.3, -0.25) is 4.72 Å². The average molecular weight is 369 g/mol. The summed E-state index contributed by atoms with van der Waals surface area (Å²) < 4.78 is 26.8. The molecule has 0 unspecified atom stereocenters. The van der Waals surface area contributed by atoms with Crippen LogP contribution in [0, 0.1) is 20.2 Å². The minimum Gasteiger partial charge on any atom is -0.384 e. The summed E-state index contributed by atoms with van der Waals surface area (Å²) >= 11 is 0. The van der Waals surface area contributed by atoms with Gasteiger partial charge in [-0.2, -0.15) is 0 Å². The van der Waals surface area contributed by atoms with Crippen molar-refractivity contribution in [3.63, 3.8) is 0 Å². The van der Waals surface area contributed by atoms with Gasteiger partial charge < -0.3 is 5.73 Å². The summed E-state index contributed by atoms with van der Waals surface area (Å²) in [6.45, 7) is 0. The molecule has 1 aromatic carbocycles. The standard InChI is InChI=1S/C11H11N7O6S/c12-10-2-1-3-11(13-10)16-25(23,24)7-4-5-8(14-17(19)20)9(6-7)15-18(21)22/h1-6,14-15H,(H3,12,13,16). The van der Waals surface area contributed by atoms with Crippen LogP contribution in [0.2, 0.25) is 0 Å². The molecule has 0 bridgehead atoms. The van der Waals surface area contributed by atoms with Gasteiger partial charge in [-0.15, -0.1) is 10.9 Å². The van der Waals surface area contributed by atoms with Crippen molar-refractivity contribution in [3.8, 4) is 0 Å². The predicted octanol–water partition coefficient (Wildman–Crippen LogP) is 0.672. The molecule has 1 aromatic heterocycles. The maximum atomic E-state index is 12.3. The molecular weight excluding hydrogens is 358 g/mol. The van der Waals surface area contributed by atoms with Gasteiger partial charge in [0.05, 0.1) is 4.90 Å². The lowest BCUT2D eigenvalue weighted by Crippen LogP contribution is -2.17. The van der Waals surface area contributed by atoms with Crippen molar-refractivity contribution in [2.24, 2.45) is 0 Å². The zero-order valence-electron chi connectivity index (χ0n) is 12.2. The third kappa shape index (κ3) is 4.64. The van der Waals surface area contributed by atoms with Crippen LogP contribution in [0.4, 0.5) is 23.0 Å². The number of nitrogens with two attached hydrogens (primary N) is 1. The summed E-state index contributed by atoms with van der Waals surface area (Å²) in [5, 5.41) is 19.2. The van der Waals surface area contributed by atoms with E-state index in [2.05, 4.69) is 9.71 Å². The molecular formula is C11H11N7O6S. The van der Waals surface area contributed by atoms with Crippen molar-refractivity contribution in [1.29, 1.82) is 0 Å². The number of nitrogen functional groups attached to an aromatic ring is 1. The fourth-order valence-electron chi connectivity index (χ4n) is 1.78. The summed E-state index contributed by atoms with van der Waals surface area (Å²) in [6, 6.07) is 7.19. The largest absolute Gasteiger partial charge is 0.384 e. The normalized spacial score (nSPS) is 10.7. The van der Waals surface area contributed by atoms with Crippen LogP contribution >= 0.6 is 0 Å². The summed E-state index contributed by atoms with van der Waals surface area (Å²) in [7, 11) is -4.16. The van der Waals surface area contributed by atoms with Gasteiger partial charge in [0.25, 0.3) is 10.0 Å². The van der Waals surface area contributed by atoms with Crippen LogP contribution < -0.4 is 21.3 Å². The van der Waals surface area contributed by atoms with E-state index >= 15 is 0 Å². The maximum absolute atomic E-state index is 12.3. The minimum absolute atomic E-state index is 0.0590. The molecule has 25 heavy (non-hydrogen) atoms. The van der Waals surface area contributed by atoms with Gasteiger partial charge in [-0.1, -0.05) is 6.07 Å². The molecule has 14 heteroatoms. The highest BCUT2D eigenvalue weighted by atomic mass is 32.2. The molecule has 2 aromatic rings. The number of nitrogens with zero attached hydrogens (tertiary/aromatic N) is 3. The predicted molar refractivity (Wildman–Crippen MR) is 87.1 cm³/mol. The van der Waals surface area contributed by atoms with E-state index < -0.39 is 25.8 Å². The lowest BCUT2D eigenvalue weighted by atomic mass is 10.3. The smallest absolute Gasteiger partial charge is 0.263 e. The van der Waals surface area contributed by atoms with Crippen LogP contribution in [0.1, 0.15) is 0 Å². The van der Waals surface area contributed by atoms with Crippen LogP contribution in [0.5, 0.6) is 0 Å². The van der Waals surface area contributed by atoms with Crippen LogP contribution in [0.15, 0.2) is 41.3 Å². The molecule has 5 N–H and O–H groups in total. The van der Waals surface area contributed by atoms with Gasteiger partial charge in [0.1, 0.15) is 23.0 Å². The molecule has 0 saturated carbocycles. The van der Waals surface area contributed by atoms with Crippen molar-refractivity contribution in [2.75, 3.05) is 21.3 Å². The number of rotatable bonds is 7. The third-order valence-corrected chi connectivity index (χ3v) is 4.09. The minimum atomic E-state index is -4.16. The molecule has 2 rings (SSSR count). The van der Waals surface area contributed by atoms with Gasteiger partial charge in [0.15, 0.2) is 10.1 Å². The quantitative estimate of drug-likeness (QED) is 0.397. The van der Waals surface area contributed by atoms with Crippen molar-refractivity contribution in [1.82, 2.24) is 4.98 Å². The number of aromatic nitrogens is 1. The van der Waals surface area contributed by atoms with Crippen LogP contribution in [-0.4, -0.2) is 23.5 Å². The number of nitrogens with one attached hydrogen (secondary N) is 3. The number of hydrazine groups is 2. The Hall–Kier alpha value is -3.68. The molecule has 1 heterocycles. The molecule has 0 radical (unpaired) electrons. The molecule has 0 spiro atoms. The molecule has 0 aliphatic rings. The first kappa shape index (κ1) is 17.7. The van der Waals surface area contributed by atoms with Crippen LogP contribution in [-0.2, 0) is 10.0 Å². The first-order valence-corrected chi connectivity index (χ1v) is 7.87. The summed E-state index contributed by atoms with van der Waals surface area (Å²) in [5.74, 6) is 0.0257. The van der Waals surface area contributed by atoms with E-state index in [0.717, 1.165) is 18.2 Å². The van der Waals surface area contributed by atoms with Crippen molar-refractivity contribution in [3.05, 3.63) is 56.6 Å². The zero-order valence-corrected chi connectivity index (χ0v) is 13.1. The Kier molecular flexibility index (Phi) is 4.83. The van der Waals surface area contributed by atoms with E-state index in [0.29, 0.717) is 0 Å². The molecule has 0 saturated heterocycles. The van der Waals surface area contributed by atoms with Crippen molar-refractivity contribution in [2.45, 2.75) is 4.90 Å². The Morgan fingerprint density at radius 2 is 1.64 bits per heavy atom. The number of anilines is 4. The Morgan fingerprint density at radius 1 is 1.00 bits per heavy atom. The third-order valence-electron chi connectivity index (χ3n) is 2.73. The second kappa shape index (κ2) is 6.83. The lowest BCUT2D eigenvalue weighted by molar-refractivity contribution is -0.448. The number of hydrogen-bond donors (Lipinski definition) is 4. The van der Waals surface area contributed by atoms with E-state index in [1.54, 1.807) is 10.9 Å². The monoisotopic (exact) mass is 369 g/mol. The fraction of sp³-hybridized carbons (Fsp3) is 0. The van der Waals surface area contributed by atoms with E-state index in [1.165, 1.54) is 18.2 Å². The van der Waals surface area contributed by atoms with E-state index in [9.17, 15) is 28.6 Å². The average Bonchev–Trinajstić information content (AvgIpc) is 2.47. The number of pyridine rings is 1. The summed E-state index contributed by atoms with van der Waals surface area (Å²) in [5.41, 5.74) is 8.17. The van der Waals surface area contributed by atoms with Gasteiger partial charge in [-0.25, -0.2) is 33.6 Å². The van der Waals surface area contributed by atoms with Gasteiger partial charge in [0.2, 0.25) is 0 Å². The SMILES string of the molecule is Nc1cccc(NS(=O)(=O)c2ccc(N[N+](=O)[O-])c(N[N+](=O)[O-])c2)n1. The number of hydrogen-bond acceptors (Lipinski definition) is 8. The maximum Gasteiger partial charge on any atom is 0.263 e.